The predicted octanol–water partition coefficient (Wildman–Crippen LogP) is 3.66. The van der Waals surface area contributed by atoms with Gasteiger partial charge < -0.3 is 10.4 Å². The second-order valence-corrected chi connectivity index (χ2v) is 3.91. The summed E-state index contributed by atoms with van der Waals surface area (Å²) in [7, 11) is 0. The molecule has 0 aliphatic carbocycles. The molecule has 2 N–H and O–H groups in total. The number of benzene rings is 2. The summed E-state index contributed by atoms with van der Waals surface area (Å²) < 4.78 is 0. The van der Waals surface area contributed by atoms with Gasteiger partial charge in [0.2, 0.25) is 0 Å². The Hall–Kier alpha value is -1.67. The number of phenols is 1. The molecule has 0 unspecified atom stereocenters. The Labute approximate surface area is 99.5 Å². The maximum absolute atomic E-state index is 9.14. The van der Waals surface area contributed by atoms with E-state index in [1.54, 1.807) is 12.1 Å². The van der Waals surface area contributed by atoms with Crippen LogP contribution in [0.5, 0.6) is 5.75 Å². The summed E-state index contributed by atoms with van der Waals surface area (Å²) in [5.41, 5.74) is 2.01. The highest BCUT2D eigenvalue weighted by Crippen LogP contribution is 2.21. The zero-order valence-electron chi connectivity index (χ0n) is 8.65. The average molecular weight is 234 g/mol. The Morgan fingerprint density at radius 3 is 2.38 bits per heavy atom. The lowest BCUT2D eigenvalue weighted by molar-refractivity contribution is 0.475. The van der Waals surface area contributed by atoms with Crippen molar-refractivity contribution in [2.45, 2.75) is 6.54 Å². The van der Waals surface area contributed by atoms with Crippen molar-refractivity contribution in [3.05, 3.63) is 59.1 Å². The van der Waals surface area contributed by atoms with E-state index in [2.05, 4.69) is 5.32 Å². The van der Waals surface area contributed by atoms with Crippen LogP contribution >= 0.6 is 11.6 Å². The van der Waals surface area contributed by atoms with Gasteiger partial charge in [0, 0.05) is 6.54 Å². The van der Waals surface area contributed by atoms with Gasteiger partial charge in [-0.3, -0.25) is 0 Å². The largest absolute Gasteiger partial charge is 0.508 e. The number of phenolic OH excluding ortho intramolecular Hbond substituents is 1. The Morgan fingerprint density at radius 1 is 1.00 bits per heavy atom. The molecule has 0 aliphatic heterocycles. The molecule has 2 aromatic rings. The summed E-state index contributed by atoms with van der Waals surface area (Å²) in [4.78, 5) is 0. The van der Waals surface area contributed by atoms with Crippen molar-refractivity contribution in [3.63, 3.8) is 0 Å². The van der Waals surface area contributed by atoms with Gasteiger partial charge in [-0.25, -0.2) is 0 Å². The van der Waals surface area contributed by atoms with Gasteiger partial charge in [-0.15, -0.1) is 0 Å². The summed E-state index contributed by atoms with van der Waals surface area (Å²) in [6, 6.07) is 14.7. The first-order chi connectivity index (χ1) is 7.75. The van der Waals surface area contributed by atoms with Crippen molar-refractivity contribution in [3.8, 4) is 5.75 Å². The Bertz CT molecular complexity index is 468. The molecule has 0 bridgehead atoms. The van der Waals surface area contributed by atoms with E-state index in [1.807, 2.05) is 36.4 Å². The molecule has 82 valence electrons. The standard InChI is InChI=1S/C13H12ClNO/c14-12-3-1-2-4-13(12)15-9-10-5-7-11(16)8-6-10/h1-8,15-16H,9H2. The van der Waals surface area contributed by atoms with Crippen LogP contribution in [0.1, 0.15) is 5.56 Å². The van der Waals surface area contributed by atoms with E-state index in [9.17, 15) is 0 Å². The number of hydrogen-bond donors (Lipinski definition) is 2. The highest BCUT2D eigenvalue weighted by Gasteiger charge is 1.98. The van der Waals surface area contributed by atoms with E-state index in [0.717, 1.165) is 11.3 Å². The highest BCUT2D eigenvalue weighted by atomic mass is 35.5. The van der Waals surface area contributed by atoms with Gasteiger partial charge in [-0.2, -0.15) is 0 Å². The Balaban J connectivity index is 2.02. The number of hydrogen-bond acceptors (Lipinski definition) is 2. The van der Waals surface area contributed by atoms with Crippen molar-refractivity contribution in [2.24, 2.45) is 0 Å². The SMILES string of the molecule is Oc1ccc(CNc2ccccc2Cl)cc1. The number of nitrogens with one attached hydrogen (secondary N) is 1. The van der Waals surface area contributed by atoms with Gasteiger partial charge in [0.1, 0.15) is 5.75 Å². The molecule has 0 saturated heterocycles. The van der Waals surface area contributed by atoms with Crippen LogP contribution in [0.3, 0.4) is 0 Å². The molecule has 0 amide bonds. The lowest BCUT2D eigenvalue weighted by atomic mass is 10.2. The molecule has 0 aliphatic rings. The molecule has 0 atom stereocenters. The lowest BCUT2D eigenvalue weighted by Gasteiger charge is -2.08. The fourth-order valence-corrected chi connectivity index (χ4v) is 1.62. The van der Waals surface area contributed by atoms with E-state index in [1.165, 1.54) is 0 Å². The van der Waals surface area contributed by atoms with Crippen molar-refractivity contribution in [2.75, 3.05) is 5.32 Å². The molecule has 16 heavy (non-hydrogen) atoms. The van der Waals surface area contributed by atoms with Crippen LogP contribution in [0, 0.1) is 0 Å². The molecule has 0 heterocycles. The van der Waals surface area contributed by atoms with Gasteiger partial charge in [-0.1, -0.05) is 35.9 Å². The molecule has 3 heteroatoms. The van der Waals surface area contributed by atoms with Crippen molar-refractivity contribution >= 4 is 17.3 Å². The van der Waals surface area contributed by atoms with Crippen molar-refractivity contribution < 1.29 is 5.11 Å². The van der Waals surface area contributed by atoms with Crippen molar-refractivity contribution in [1.29, 1.82) is 0 Å². The van der Waals surface area contributed by atoms with E-state index in [0.29, 0.717) is 11.6 Å². The molecule has 0 radical (unpaired) electrons. The van der Waals surface area contributed by atoms with Gasteiger partial charge >= 0.3 is 0 Å². The maximum atomic E-state index is 9.14. The van der Waals surface area contributed by atoms with Crippen LogP contribution in [0.2, 0.25) is 5.02 Å². The lowest BCUT2D eigenvalue weighted by Crippen LogP contribution is -1.99. The molecule has 0 aromatic heterocycles. The normalized spacial score (nSPS) is 10.1. The molecule has 0 fully saturated rings. The number of aromatic hydroxyl groups is 1. The van der Waals surface area contributed by atoms with Gasteiger partial charge in [0.25, 0.3) is 0 Å². The molecule has 2 rings (SSSR count). The van der Waals surface area contributed by atoms with Crippen LogP contribution in [0.4, 0.5) is 5.69 Å². The third-order valence-electron chi connectivity index (χ3n) is 2.29. The highest BCUT2D eigenvalue weighted by molar-refractivity contribution is 6.33. The summed E-state index contributed by atoms with van der Waals surface area (Å²) in [5, 5.41) is 13.1. The first-order valence-corrected chi connectivity index (χ1v) is 5.40. The van der Waals surface area contributed by atoms with Gasteiger partial charge in [0.05, 0.1) is 10.7 Å². The topological polar surface area (TPSA) is 32.3 Å². The number of para-hydroxylation sites is 1. The summed E-state index contributed by atoms with van der Waals surface area (Å²) in [6.07, 6.45) is 0. The maximum Gasteiger partial charge on any atom is 0.115 e. The van der Waals surface area contributed by atoms with Crippen LogP contribution in [0.25, 0.3) is 0 Å². The Kier molecular flexibility index (Phi) is 3.32. The molecular weight excluding hydrogens is 222 g/mol. The number of rotatable bonds is 3. The minimum atomic E-state index is 0.279. The third-order valence-corrected chi connectivity index (χ3v) is 2.62. The number of anilines is 1. The third kappa shape index (κ3) is 2.67. The van der Waals surface area contributed by atoms with E-state index < -0.39 is 0 Å². The fourth-order valence-electron chi connectivity index (χ4n) is 1.42. The minimum absolute atomic E-state index is 0.279. The van der Waals surface area contributed by atoms with E-state index in [-0.39, 0.29) is 5.75 Å². The average Bonchev–Trinajstić information content (AvgIpc) is 2.30. The first kappa shape index (κ1) is 10.8. The second kappa shape index (κ2) is 4.90. The Morgan fingerprint density at radius 2 is 1.69 bits per heavy atom. The summed E-state index contributed by atoms with van der Waals surface area (Å²) in [5.74, 6) is 0.279. The second-order valence-electron chi connectivity index (χ2n) is 3.50. The van der Waals surface area contributed by atoms with Crippen molar-refractivity contribution in [1.82, 2.24) is 0 Å². The molecule has 0 spiro atoms. The van der Waals surface area contributed by atoms with Crippen LogP contribution < -0.4 is 5.32 Å². The van der Waals surface area contributed by atoms with E-state index in [4.69, 9.17) is 16.7 Å². The van der Waals surface area contributed by atoms with Crippen LogP contribution in [-0.4, -0.2) is 5.11 Å². The predicted molar refractivity (Wildman–Crippen MR) is 66.9 cm³/mol. The summed E-state index contributed by atoms with van der Waals surface area (Å²) >= 11 is 6.01. The minimum Gasteiger partial charge on any atom is -0.508 e. The molecule has 2 aromatic carbocycles. The summed E-state index contributed by atoms with van der Waals surface area (Å²) in [6.45, 7) is 0.685. The van der Waals surface area contributed by atoms with Gasteiger partial charge in [0.15, 0.2) is 0 Å². The number of halogens is 1. The molecule has 2 nitrogen and oxygen atoms in total. The first-order valence-electron chi connectivity index (χ1n) is 5.02. The zero-order valence-corrected chi connectivity index (χ0v) is 9.41. The zero-order chi connectivity index (χ0) is 11.4. The van der Waals surface area contributed by atoms with Crippen LogP contribution in [0.15, 0.2) is 48.5 Å². The molecule has 0 saturated carbocycles. The monoisotopic (exact) mass is 233 g/mol. The quantitative estimate of drug-likeness (QED) is 0.848. The van der Waals surface area contributed by atoms with Crippen LogP contribution in [-0.2, 0) is 6.54 Å². The fraction of sp³-hybridized carbons (Fsp3) is 0.0769. The molecular formula is C13H12ClNO. The van der Waals surface area contributed by atoms with Gasteiger partial charge in [-0.05, 0) is 29.8 Å². The van der Waals surface area contributed by atoms with E-state index >= 15 is 0 Å². The smallest absolute Gasteiger partial charge is 0.115 e.